The maximum Gasteiger partial charge on any atom is 0.363 e. The monoisotopic (exact) mass is 181 g/mol. The summed E-state index contributed by atoms with van der Waals surface area (Å²) in [5.41, 5.74) is 0.792. The number of nitrogens with zero attached hydrogens (tertiary/aromatic N) is 2. The average Bonchev–Trinajstić information content (AvgIpc) is 2.04. The number of nitrogens with one attached hydrogen (secondary N) is 1. The molecule has 0 aliphatic rings. The molecule has 0 fully saturated rings. The Bertz CT molecular complexity index is 295. The first-order valence-electron chi connectivity index (χ1n) is 3.96. The van der Waals surface area contributed by atoms with E-state index in [0.717, 1.165) is 5.69 Å². The van der Waals surface area contributed by atoms with Crippen molar-refractivity contribution in [2.24, 2.45) is 0 Å². The largest absolute Gasteiger partial charge is 0.380 e. The van der Waals surface area contributed by atoms with Crippen LogP contribution < -0.4 is 5.32 Å². The zero-order valence-electron chi connectivity index (χ0n) is 7.52. The summed E-state index contributed by atoms with van der Waals surface area (Å²) < 4.78 is 0. The van der Waals surface area contributed by atoms with E-state index in [2.05, 4.69) is 10.3 Å². The van der Waals surface area contributed by atoms with Crippen LogP contribution in [-0.2, 0) is 0 Å². The van der Waals surface area contributed by atoms with Gasteiger partial charge in [0.1, 0.15) is 0 Å². The molecule has 0 aliphatic heterocycles. The van der Waals surface area contributed by atoms with E-state index in [-0.39, 0.29) is 5.82 Å². The van der Waals surface area contributed by atoms with Crippen molar-refractivity contribution < 1.29 is 4.92 Å². The van der Waals surface area contributed by atoms with Crippen LogP contribution in [-0.4, -0.2) is 15.9 Å². The number of anilines is 1. The summed E-state index contributed by atoms with van der Waals surface area (Å²) in [6.45, 7) is 3.98. The maximum atomic E-state index is 10.3. The molecular formula is C8H11N3O2. The van der Waals surface area contributed by atoms with Crippen LogP contribution >= 0.6 is 0 Å². The summed E-state index contributed by atoms with van der Waals surface area (Å²) in [5, 5.41) is 13.3. The molecule has 1 N–H and O–H groups in total. The van der Waals surface area contributed by atoms with E-state index in [1.54, 1.807) is 6.07 Å². The summed E-state index contributed by atoms with van der Waals surface area (Å²) >= 11 is 0. The number of nitro groups is 1. The second-order valence-corrected chi connectivity index (χ2v) is 2.96. The van der Waals surface area contributed by atoms with E-state index in [1.165, 1.54) is 12.3 Å². The summed E-state index contributed by atoms with van der Waals surface area (Å²) in [4.78, 5) is 13.4. The molecule has 13 heavy (non-hydrogen) atoms. The molecule has 0 radical (unpaired) electrons. The molecular weight excluding hydrogens is 170 g/mol. The normalized spacial score (nSPS) is 10.1. The van der Waals surface area contributed by atoms with Gasteiger partial charge in [-0.1, -0.05) is 0 Å². The highest BCUT2D eigenvalue weighted by Gasteiger charge is 2.05. The predicted molar refractivity (Wildman–Crippen MR) is 49.7 cm³/mol. The molecule has 0 bridgehead atoms. The van der Waals surface area contributed by atoms with Gasteiger partial charge in [0.15, 0.2) is 6.20 Å². The first-order chi connectivity index (χ1) is 6.09. The van der Waals surface area contributed by atoms with Gasteiger partial charge in [-0.25, -0.2) is 0 Å². The molecule has 0 aliphatic carbocycles. The standard InChI is InChI=1S/C8H11N3O2/c1-6(2)10-7-3-4-8(9-5-7)11(12)13/h3-6,10H,1-2H3. The predicted octanol–water partition coefficient (Wildman–Crippen LogP) is 1.81. The highest BCUT2D eigenvalue weighted by Crippen LogP contribution is 2.11. The number of hydrogen-bond donors (Lipinski definition) is 1. The fourth-order valence-corrected chi connectivity index (χ4v) is 0.913. The van der Waals surface area contributed by atoms with Gasteiger partial charge in [-0.15, -0.1) is 0 Å². The quantitative estimate of drug-likeness (QED) is 0.570. The summed E-state index contributed by atoms with van der Waals surface area (Å²) in [7, 11) is 0. The van der Waals surface area contributed by atoms with E-state index < -0.39 is 4.92 Å². The van der Waals surface area contributed by atoms with Gasteiger partial charge in [0.2, 0.25) is 0 Å². The third-order valence-electron chi connectivity index (χ3n) is 1.39. The van der Waals surface area contributed by atoms with Crippen LogP contribution in [0.25, 0.3) is 0 Å². The molecule has 0 spiro atoms. The number of rotatable bonds is 3. The molecule has 0 aromatic carbocycles. The third kappa shape index (κ3) is 2.70. The topological polar surface area (TPSA) is 68.1 Å². The van der Waals surface area contributed by atoms with Crippen LogP contribution in [0.15, 0.2) is 18.3 Å². The Hall–Kier alpha value is -1.65. The van der Waals surface area contributed by atoms with Crippen LogP contribution in [0.1, 0.15) is 13.8 Å². The molecule has 0 saturated carbocycles. The zero-order valence-corrected chi connectivity index (χ0v) is 7.52. The van der Waals surface area contributed by atoms with E-state index in [1.807, 2.05) is 13.8 Å². The van der Waals surface area contributed by atoms with Crippen molar-refractivity contribution in [3.8, 4) is 0 Å². The maximum absolute atomic E-state index is 10.3. The fraction of sp³-hybridized carbons (Fsp3) is 0.375. The first-order valence-corrected chi connectivity index (χ1v) is 3.96. The molecule has 1 aromatic heterocycles. The first kappa shape index (κ1) is 9.44. The van der Waals surface area contributed by atoms with Gasteiger partial charge in [0.05, 0.1) is 5.69 Å². The van der Waals surface area contributed by atoms with E-state index in [9.17, 15) is 10.1 Å². The van der Waals surface area contributed by atoms with Crippen molar-refractivity contribution in [3.05, 3.63) is 28.4 Å². The van der Waals surface area contributed by atoms with Crippen LogP contribution in [0.3, 0.4) is 0 Å². The van der Waals surface area contributed by atoms with Gasteiger partial charge >= 0.3 is 5.82 Å². The van der Waals surface area contributed by atoms with Gasteiger partial charge in [-0.2, -0.15) is 0 Å². The Morgan fingerprint density at radius 1 is 1.54 bits per heavy atom. The smallest absolute Gasteiger partial charge is 0.363 e. The Morgan fingerprint density at radius 2 is 2.23 bits per heavy atom. The number of hydrogen-bond acceptors (Lipinski definition) is 4. The van der Waals surface area contributed by atoms with Gasteiger partial charge in [0.25, 0.3) is 0 Å². The van der Waals surface area contributed by atoms with Crippen molar-refractivity contribution in [2.75, 3.05) is 5.32 Å². The van der Waals surface area contributed by atoms with E-state index in [0.29, 0.717) is 6.04 Å². The molecule has 0 amide bonds. The molecule has 70 valence electrons. The summed E-state index contributed by atoms with van der Waals surface area (Å²) in [5.74, 6) is -0.130. The van der Waals surface area contributed by atoms with Gasteiger partial charge in [-0.3, -0.25) is 0 Å². The number of pyridine rings is 1. The Labute approximate surface area is 75.9 Å². The number of aromatic nitrogens is 1. The molecule has 1 rings (SSSR count). The fourth-order valence-electron chi connectivity index (χ4n) is 0.913. The lowest BCUT2D eigenvalue weighted by Crippen LogP contribution is -2.09. The minimum Gasteiger partial charge on any atom is -0.380 e. The molecule has 0 unspecified atom stereocenters. The average molecular weight is 181 g/mol. The van der Waals surface area contributed by atoms with Crippen LogP contribution in [0.5, 0.6) is 0 Å². The Balaban J connectivity index is 2.75. The molecule has 5 heteroatoms. The van der Waals surface area contributed by atoms with Crippen molar-refractivity contribution in [2.45, 2.75) is 19.9 Å². The molecule has 5 nitrogen and oxygen atoms in total. The summed E-state index contributed by atoms with van der Waals surface area (Å²) in [6, 6.07) is 3.32. The minimum atomic E-state index is -0.515. The molecule has 1 heterocycles. The van der Waals surface area contributed by atoms with Crippen molar-refractivity contribution in [3.63, 3.8) is 0 Å². The molecule has 0 atom stereocenters. The SMILES string of the molecule is CC(C)Nc1ccc([N+](=O)[O-])nc1. The van der Waals surface area contributed by atoms with Crippen LogP contribution in [0.2, 0.25) is 0 Å². The van der Waals surface area contributed by atoms with E-state index in [4.69, 9.17) is 0 Å². The highest BCUT2D eigenvalue weighted by molar-refractivity contribution is 5.43. The Morgan fingerprint density at radius 3 is 2.62 bits per heavy atom. The van der Waals surface area contributed by atoms with Gasteiger partial charge in [0, 0.05) is 12.1 Å². The molecule has 1 aromatic rings. The lowest BCUT2D eigenvalue weighted by molar-refractivity contribution is -0.389. The third-order valence-corrected chi connectivity index (χ3v) is 1.39. The second kappa shape index (κ2) is 3.84. The van der Waals surface area contributed by atoms with Crippen molar-refractivity contribution in [1.82, 2.24) is 4.98 Å². The lowest BCUT2D eigenvalue weighted by Gasteiger charge is -2.06. The van der Waals surface area contributed by atoms with Crippen molar-refractivity contribution in [1.29, 1.82) is 0 Å². The van der Waals surface area contributed by atoms with Gasteiger partial charge < -0.3 is 15.4 Å². The zero-order chi connectivity index (χ0) is 9.84. The minimum absolute atomic E-state index is 0.130. The Kier molecular flexibility index (Phi) is 2.79. The second-order valence-electron chi connectivity index (χ2n) is 2.96. The van der Waals surface area contributed by atoms with E-state index >= 15 is 0 Å². The van der Waals surface area contributed by atoms with Crippen LogP contribution in [0.4, 0.5) is 11.5 Å². The lowest BCUT2D eigenvalue weighted by atomic mass is 10.3. The van der Waals surface area contributed by atoms with Gasteiger partial charge in [-0.05, 0) is 29.8 Å². The summed E-state index contributed by atoms with van der Waals surface area (Å²) in [6.07, 6.45) is 1.46. The van der Waals surface area contributed by atoms with Crippen LogP contribution in [0, 0.1) is 10.1 Å². The van der Waals surface area contributed by atoms with Crippen molar-refractivity contribution >= 4 is 11.5 Å². The molecule has 0 saturated heterocycles. The highest BCUT2D eigenvalue weighted by atomic mass is 16.6.